The molecule has 29 heavy (non-hydrogen) atoms. The van der Waals surface area contributed by atoms with Crippen LogP contribution in [0.1, 0.15) is 92.9 Å². The molecular formula is C28H46O. The molecule has 0 aromatic heterocycles. The first-order valence-electron chi connectivity index (χ1n) is 12.5. The summed E-state index contributed by atoms with van der Waals surface area (Å²) >= 11 is 0. The molecular weight excluding hydrogens is 352 g/mol. The summed E-state index contributed by atoms with van der Waals surface area (Å²) in [5.74, 6) is 4.29. The van der Waals surface area contributed by atoms with Gasteiger partial charge in [-0.15, -0.1) is 0 Å². The normalized spacial score (nSPS) is 40.7. The number of hydrogen-bond donors (Lipinski definition) is 1. The molecule has 7 atom stereocenters. The molecule has 1 heteroatoms. The Morgan fingerprint density at radius 3 is 2.41 bits per heavy atom. The maximum Gasteiger partial charge on any atom is 0.0577 e. The van der Waals surface area contributed by atoms with Crippen LogP contribution in [0.4, 0.5) is 0 Å². The van der Waals surface area contributed by atoms with Gasteiger partial charge in [0, 0.05) is 0 Å². The Balaban J connectivity index is 1.74. The second-order valence-electron chi connectivity index (χ2n) is 11.3. The molecule has 0 amide bonds. The number of rotatable bonds is 5. The van der Waals surface area contributed by atoms with Crippen molar-refractivity contribution in [2.24, 2.45) is 40.9 Å². The third kappa shape index (κ3) is 5.09. The van der Waals surface area contributed by atoms with E-state index in [9.17, 15) is 5.11 Å². The van der Waals surface area contributed by atoms with Crippen LogP contribution in [-0.2, 0) is 0 Å². The maximum atomic E-state index is 10.1. The molecule has 0 aliphatic heterocycles. The minimum absolute atomic E-state index is 0.121. The van der Waals surface area contributed by atoms with Crippen molar-refractivity contribution in [3.05, 3.63) is 35.5 Å². The zero-order chi connectivity index (χ0) is 21.2. The summed E-state index contributed by atoms with van der Waals surface area (Å²) < 4.78 is 0. The molecule has 0 saturated heterocycles. The predicted molar refractivity (Wildman–Crippen MR) is 126 cm³/mol. The maximum absolute atomic E-state index is 10.1. The Hall–Kier alpha value is -0.820. The van der Waals surface area contributed by atoms with Crippen molar-refractivity contribution in [1.82, 2.24) is 0 Å². The minimum Gasteiger partial charge on any atom is -0.393 e. The fourth-order valence-electron chi connectivity index (χ4n) is 6.50. The average molecular weight is 399 g/mol. The number of allylic oxidation sites excluding steroid dienone is 5. The molecule has 1 N–H and O–H groups in total. The van der Waals surface area contributed by atoms with Crippen molar-refractivity contribution in [2.75, 3.05) is 0 Å². The van der Waals surface area contributed by atoms with Crippen LogP contribution in [0.25, 0.3) is 0 Å². The Kier molecular flexibility index (Phi) is 7.52. The van der Waals surface area contributed by atoms with Crippen molar-refractivity contribution in [3.8, 4) is 0 Å². The molecule has 3 fully saturated rings. The number of aliphatic hydroxyl groups excluding tert-OH is 1. The lowest BCUT2D eigenvalue weighted by atomic mass is 9.61. The van der Waals surface area contributed by atoms with E-state index in [0.717, 1.165) is 37.0 Å². The van der Waals surface area contributed by atoms with E-state index >= 15 is 0 Å². The van der Waals surface area contributed by atoms with E-state index in [1.807, 2.05) is 0 Å². The lowest BCUT2D eigenvalue weighted by Crippen LogP contribution is -2.35. The highest BCUT2D eigenvalue weighted by molar-refractivity contribution is 5.27. The van der Waals surface area contributed by atoms with E-state index < -0.39 is 0 Å². The molecule has 0 unspecified atom stereocenters. The van der Waals surface area contributed by atoms with E-state index in [1.54, 1.807) is 5.57 Å². The van der Waals surface area contributed by atoms with Gasteiger partial charge in [0.05, 0.1) is 6.10 Å². The van der Waals surface area contributed by atoms with E-state index in [1.165, 1.54) is 37.7 Å². The molecule has 0 heterocycles. The molecule has 164 valence electrons. The summed E-state index contributed by atoms with van der Waals surface area (Å²) in [6.07, 6.45) is 19.5. The first kappa shape index (κ1) is 22.9. The third-order valence-electron chi connectivity index (χ3n) is 8.99. The van der Waals surface area contributed by atoms with Gasteiger partial charge in [0.1, 0.15) is 0 Å². The van der Waals surface area contributed by atoms with Crippen LogP contribution in [0.2, 0.25) is 0 Å². The van der Waals surface area contributed by atoms with Crippen molar-refractivity contribution in [1.29, 1.82) is 0 Å². The van der Waals surface area contributed by atoms with Gasteiger partial charge in [-0.3, -0.25) is 0 Å². The zero-order valence-electron chi connectivity index (χ0n) is 20.0. The number of aliphatic hydroxyl groups is 1. The summed E-state index contributed by atoms with van der Waals surface area (Å²) in [7, 11) is 0. The first-order valence-corrected chi connectivity index (χ1v) is 12.5. The molecule has 3 aliphatic carbocycles. The topological polar surface area (TPSA) is 20.2 Å². The quantitative estimate of drug-likeness (QED) is 0.470. The van der Waals surface area contributed by atoms with Crippen LogP contribution in [0, 0.1) is 40.9 Å². The highest BCUT2D eigenvalue weighted by atomic mass is 16.3. The van der Waals surface area contributed by atoms with Gasteiger partial charge in [0.2, 0.25) is 0 Å². The van der Waals surface area contributed by atoms with Crippen molar-refractivity contribution in [3.63, 3.8) is 0 Å². The van der Waals surface area contributed by atoms with Gasteiger partial charge >= 0.3 is 0 Å². The summed E-state index contributed by atoms with van der Waals surface area (Å²) in [6.45, 7) is 14.4. The van der Waals surface area contributed by atoms with Gasteiger partial charge in [-0.25, -0.2) is 0 Å². The first-order chi connectivity index (χ1) is 13.7. The smallest absolute Gasteiger partial charge is 0.0577 e. The average Bonchev–Trinajstić information content (AvgIpc) is 3.04. The molecule has 0 aromatic carbocycles. The van der Waals surface area contributed by atoms with Gasteiger partial charge in [0.15, 0.2) is 0 Å². The standard InChI is InChI=1S/C28H46O/c1-19(2)20(3)9-10-22(5)26-15-16-27-23(8-7-17-28(26,27)6)12-13-24-18-25(29)14-11-21(24)4/h9-10,12-13,19-22,25-27,29H,7-8,11,14-18H2,1-6H3/b10-9+,23-12-,24-13-/t20-,21-,22+,25+,26-,27-,28+/m1/s1. The summed E-state index contributed by atoms with van der Waals surface area (Å²) in [4.78, 5) is 0. The van der Waals surface area contributed by atoms with E-state index in [0.29, 0.717) is 23.2 Å². The third-order valence-corrected chi connectivity index (χ3v) is 8.99. The van der Waals surface area contributed by atoms with Crippen LogP contribution in [-0.4, -0.2) is 11.2 Å². The Labute approximate surface area is 180 Å². The van der Waals surface area contributed by atoms with Gasteiger partial charge in [-0.2, -0.15) is 0 Å². The largest absolute Gasteiger partial charge is 0.393 e. The number of hydrogen-bond acceptors (Lipinski definition) is 1. The zero-order valence-corrected chi connectivity index (χ0v) is 20.0. The Bertz CT molecular complexity index is 639. The highest BCUT2D eigenvalue weighted by Gasteiger charge is 2.50. The van der Waals surface area contributed by atoms with Crippen LogP contribution in [0.3, 0.4) is 0 Å². The van der Waals surface area contributed by atoms with Crippen LogP contribution in [0.5, 0.6) is 0 Å². The predicted octanol–water partition coefficient (Wildman–Crippen LogP) is 7.72. The van der Waals surface area contributed by atoms with E-state index in [-0.39, 0.29) is 6.10 Å². The molecule has 0 aromatic rings. The van der Waals surface area contributed by atoms with Crippen molar-refractivity contribution in [2.45, 2.75) is 99.0 Å². The van der Waals surface area contributed by atoms with Crippen LogP contribution in [0.15, 0.2) is 35.5 Å². The molecule has 0 bridgehead atoms. The van der Waals surface area contributed by atoms with Gasteiger partial charge in [-0.1, -0.05) is 77.0 Å². The molecule has 3 rings (SSSR count). The molecule has 3 saturated carbocycles. The van der Waals surface area contributed by atoms with Gasteiger partial charge < -0.3 is 5.11 Å². The fraction of sp³-hybridized carbons (Fsp3) is 0.786. The second kappa shape index (κ2) is 9.54. The van der Waals surface area contributed by atoms with E-state index in [2.05, 4.69) is 65.8 Å². The summed E-state index contributed by atoms with van der Waals surface area (Å²) in [5.41, 5.74) is 3.63. The number of fused-ring (bicyclic) bond motifs is 1. The molecule has 0 radical (unpaired) electrons. The van der Waals surface area contributed by atoms with Gasteiger partial charge in [-0.05, 0) is 92.3 Å². The SMILES string of the molecule is CC(C)[C@H](C)/C=C/[C@H](C)[C@H]1CC[C@@H]2/C(=C\C=C3\C[C@@H](O)CC[C@H]3C)CCC[C@]21C. The second-order valence-corrected chi connectivity index (χ2v) is 11.3. The minimum atomic E-state index is -0.121. The van der Waals surface area contributed by atoms with Crippen LogP contribution >= 0.6 is 0 Å². The lowest BCUT2D eigenvalue weighted by Gasteiger charge is -2.44. The lowest BCUT2D eigenvalue weighted by molar-refractivity contribution is 0.112. The molecule has 0 spiro atoms. The molecule has 3 aliphatic rings. The van der Waals surface area contributed by atoms with Crippen LogP contribution < -0.4 is 0 Å². The Morgan fingerprint density at radius 2 is 1.69 bits per heavy atom. The van der Waals surface area contributed by atoms with Gasteiger partial charge in [0.25, 0.3) is 0 Å². The monoisotopic (exact) mass is 398 g/mol. The van der Waals surface area contributed by atoms with Crippen molar-refractivity contribution < 1.29 is 5.11 Å². The summed E-state index contributed by atoms with van der Waals surface area (Å²) in [5, 5.41) is 10.1. The Morgan fingerprint density at radius 1 is 0.966 bits per heavy atom. The highest BCUT2D eigenvalue weighted by Crippen LogP contribution is 2.59. The summed E-state index contributed by atoms with van der Waals surface area (Å²) in [6, 6.07) is 0. The van der Waals surface area contributed by atoms with Crippen molar-refractivity contribution >= 4 is 0 Å². The van der Waals surface area contributed by atoms with E-state index in [4.69, 9.17) is 0 Å². The fourth-order valence-corrected chi connectivity index (χ4v) is 6.50. The molecule has 1 nitrogen and oxygen atoms in total.